The van der Waals surface area contributed by atoms with Crippen molar-refractivity contribution in [1.82, 2.24) is 0 Å². The molecule has 22 heavy (non-hydrogen) atoms. The van der Waals surface area contributed by atoms with Gasteiger partial charge >= 0.3 is 0 Å². The summed E-state index contributed by atoms with van der Waals surface area (Å²) in [5.41, 5.74) is 0.828. The summed E-state index contributed by atoms with van der Waals surface area (Å²) in [6.45, 7) is 4.37. The highest BCUT2D eigenvalue weighted by Crippen LogP contribution is 2.37. The third-order valence-electron chi connectivity index (χ3n) is 2.13. The molecule has 0 bridgehead atoms. The van der Waals surface area contributed by atoms with Crippen LogP contribution in [0.25, 0.3) is 0 Å². The molecular formula is C14H15Br2ClFNO3. The van der Waals surface area contributed by atoms with Gasteiger partial charge in [-0.3, -0.25) is 0 Å². The lowest BCUT2D eigenvalue weighted by Crippen LogP contribution is -2.06. The summed E-state index contributed by atoms with van der Waals surface area (Å²) < 4.78 is 23.5. The van der Waals surface area contributed by atoms with Crippen molar-refractivity contribution in [2.75, 3.05) is 19.8 Å². The summed E-state index contributed by atoms with van der Waals surface area (Å²) in [6, 6.07) is 3.28. The van der Waals surface area contributed by atoms with Gasteiger partial charge in [-0.05, 0) is 57.8 Å². The molecule has 0 aromatic heterocycles. The van der Waals surface area contributed by atoms with E-state index < -0.39 is 4.74 Å². The van der Waals surface area contributed by atoms with Gasteiger partial charge in [0.1, 0.15) is 19.0 Å². The maximum absolute atomic E-state index is 12.5. The van der Waals surface area contributed by atoms with Gasteiger partial charge in [0, 0.05) is 6.07 Å². The summed E-state index contributed by atoms with van der Waals surface area (Å²) in [5, 5.41) is 4.17. The second-order valence-electron chi connectivity index (χ2n) is 4.24. The lowest BCUT2D eigenvalue weighted by atomic mass is 10.3. The molecule has 0 saturated heterocycles. The smallest absolute Gasteiger partial charge is 0.165 e. The number of hydrogen-bond donors (Lipinski definition) is 0. The van der Waals surface area contributed by atoms with E-state index in [1.54, 1.807) is 12.1 Å². The van der Waals surface area contributed by atoms with Crippen LogP contribution in [0.5, 0.6) is 11.5 Å². The van der Waals surface area contributed by atoms with Crippen molar-refractivity contribution in [1.29, 1.82) is 0 Å². The molecule has 1 rings (SSSR count). The number of hydrogen-bond acceptors (Lipinski definition) is 4. The molecule has 1 aromatic rings. The molecule has 0 saturated carbocycles. The van der Waals surface area contributed by atoms with Crippen LogP contribution < -0.4 is 9.47 Å². The molecule has 4 nitrogen and oxygen atoms in total. The molecule has 0 radical (unpaired) electrons. The summed E-state index contributed by atoms with van der Waals surface area (Å²) in [6.07, 6.45) is 1.25. The van der Waals surface area contributed by atoms with Crippen LogP contribution in [0.2, 0.25) is 5.02 Å². The molecule has 0 N–H and O–H groups in total. The van der Waals surface area contributed by atoms with Crippen LogP contribution in [0.1, 0.15) is 13.8 Å². The minimum absolute atomic E-state index is 0.0856. The Labute approximate surface area is 150 Å². The molecule has 0 amide bonds. The van der Waals surface area contributed by atoms with Gasteiger partial charge in [0.05, 0.1) is 15.2 Å². The molecule has 0 spiro atoms. The van der Waals surface area contributed by atoms with E-state index in [0.717, 1.165) is 5.71 Å². The van der Waals surface area contributed by atoms with Crippen LogP contribution in [-0.2, 0) is 4.84 Å². The predicted octanol–water partition coefficient (Wildman–Crippen LogP) is 5.48. The lowest BCUT2D eigenvalue weighted by Gasteiger charge is -2.12. The standard InChI is InChI=1S/C14H15Br2ClFNO3/c1-9(2)19-22-6-5-21-14-11(15)7-10(8-12(14)17)20-4-3-13(16)18/h3,7-8H,4-6H2,1-2H3/b13-3-. The first-order valence-electron chi connectivity index (χ1n) is 6.29. The van der Waals surface area contributed by atoms with Crippen LogP contribution >= 0.6 is 43.5 Å². The minimum atomic E-state index is -0.484. The maximum Gasteiger partial charge on any atom is 0.165 e. The summed E-state index contributed by atoms with van der Waals surface area (Å²) >= 11 is 12.2. The zero-order chi connectivity index (χ0) is 16.5. The van der Waals surface area contributed by atoms with Gasteiger partial charge in [-0.25, -0.2) is 0 Å². The fourth-order valence-electron chi connectivity index (χ4n) is 1.31. The molecular weight excluding hydrogens is 444 g/mol. The minimum Gasteiger partial charge on any atom is -0.489 e. The summed E-state index contributed by atoms with van der Waals surface area (Å²) in [7, 11) is 0. The summed E-state index contributed by atoms with van der Waals surface area (Å²) in [5.74, 6) is 0.980. The van der Waals surface area contributed by atoms with Crippen molar-refractivity contribution in [3.63, 3.8) is 0 Å². The Kier molecular flexibility index (Phi) is 8.82. The Morgan fingerprint density at radius 3 is 2.64 bits per heavy atom. The van der Waals surface area contributed by atoms with E-state index in [-0.39, 0.29) is 6.61 Å². The number of oxime groups is 1. The molecule has 0 aliphatic rings. The van der Waals surface area contributed by atoms with Crippen molar-refractivity contribution in [3.05, 3.63) is 32.4 Å². The zero-order valence-electron chi connectivity index (χ0n) is 12.0. The Bertz CT molecular complexity index is 536. The second kappa shape index (κ2) is 10.1. The van der Waals surface area contributed by atoms with Crippen molar-refractivity contribution in [3.8, 4) is 11.5 Å². The number of rotatable bonds is 8. The zero-order valence-corrected chi connectivity index (χ0v) is 16.0. The van der Waals surface area contributed by atoms with Crippen molar-refractivity contribution < 1.29 is 18.7 Å². The third kappa shape index (κ3) is 7.47. The third-order valence-corrected chi connectivity index (χ3v) is 3.32. The van der Waals surface area contributed by atoms with Gasteiger partial charge < -0.3 is 14.3 Å². The van der Waals surface area contributed by atoms with E-state index in [1.165, 1.54) is 6.08 Å². The monoisotopic (exact) mass is 457 g/mol. The highest BCUT2D eigenvalue weighted by atomic mass is 79.9. The van der Waals surface area contributed by atoms with Crippen molar-refractivity contribution in [2.24, 2.45) is 5.16 Å². The van der Waals surface area contributed by atoms with Crippen LogP contribution in [0, 0.1) is 0 Å². The van der Waals surface area contributed by atoms with Crippen LogP contribution in [-0.4, -0.2) is 25.5 Å². The highest BCUT2D eigenvalue weighted by molar-refractivity contribution is 9.11. The number of ether oxygens (including phenoxy) is 2. The average molecular weight is 460 g/mol. The Morgan fingerprint density at radius 1 is 1.32 bits per heavy atom. The van der Waals surface area contributed by atoms with E-state index in [4.69, 9.17) is 25.9 Å². The van der Waals surface area contributed by atoms with Gasteiger partial charge in [-0.15, -0.1) is 0 Å². The first-order chi connectivity index (χ1) is 10.4. The second-order valence-corrected chi connectivity index (χ2v) is 6.26. The topological polar surface area (TPSA) is 40.0 Å². The van der Waals surface area contributed by atoms with Crippen LogP contribution in [0.15, 0.2) is 32.6 Å². The van der Waals surface area contributed by atoms with E-state index in [9.17, 15) is 4.39 Å². The van der Waals surface area contributed by atoms with E-state index >= 15 is 0 Å². The molecule has 0 heterocycles. The Hall–Kier alpha value is -0.790. The fourth-order valence-corrected chi connectivity index (χ4v) is 2.38. The fraction of sp³-hybridized carbons (Fsp3) is 0.357. The largest absolute Gasteiger partial charge is 0.489 e. The molecule has 0 fully saturated rings. The van der Waals surface area contributed by atoms with Gasteiger partial charge in [0.15, 0.2) is 17.1 Å². The van der Waals surface area contributed by atoms with E-state index in [0.29, 0.717) is 34.2 Å². The molecule has 0 atom stereocenters. The first kappa shape index (κ1) is 19.3. The van der Waals surface area contributed by atoms with Gasteiger partial charge in [0.25, 0.3) is 0 Å². The predicted molar refractivity (Wildman–Crippen MR) is 93.0 cm³/mol. The van der Waals surface area contributed by atoms with Gasteiger partial charge in [-0.2, -0.15) is 4.39 Å². The summed E-state index contributed by atoms with van der Waals surface area (Å²) in [4.78, 5) is 5.03. The molecule has 1 aromatic carbocycles. The lowest BCUT2D eigenvalue weighted by molar-refractivity contribution is 0.106. The van der Waals surface area contributed by atoms with Crippen LogP contribution in [0.4, 0.5) is 4.39 Å². The number of benzene rings is 1. The quantitative estimate of drug-likeness (QED) is 0.294. The van der Waals surface area contributed by atoms with E-state index in [1.807, 2.05) is 13.8 Å². The normalized spacial score (nSPS) is 11.1. The molecule has 0 aliphatic carbocycles. The van der Waals surface area contributed by atoms with E-state index in [2.05, 4.69) is 37.0 Å². The first-order valence-corrected chi connectivity index (χ1v) is 8.25. The van der Waals surface area contributed by atoms with Gasteiger partial charge in [-0.1, -0.05) is 16.8 Å². The molecule has 8 heteroatoms. The average Bonchev–Trinajstić information content (AvgIpc) is 2.40. The molecule has 122 valence electrons. The van der Waals surface area contributed by atoms with Crippen LogP contribution in [0.3, 0.4) is 0 Å². The Morgan fingerprint density at radius 2 is 2.05 bits per heavy atom. The Balaban J connectivity index is 2.58. The number of nitrogens with zero attached hydrogens (tertiary/aromatic N) is 1. The SMILES string of the molecule is CC(C)=NOCCOc1c(Cl)cc(OC/C=C(\F)Br)cc1Br. The molecule has 0 aliphatic heterocycles. The maximum atomic E-state index is 12.5. The molecule has 0 unspecified atom stereocenters. The van der Waals surface area contributed by atoms with Crippen molar-refractivity contribution >= 4 is 49.2 Å². The van der Waals surface area contributed by atoms with Crippen molar-refractivity contribution in [2.45, 2.75) is 13.8 Å². The van der Waals surface area contributed by atoms with Gasteiger partial charge in [0.2, 0.25) is 0 Å². The number of halogens is 4. The highest BCUT2D eigenvalue weighted by Gasteiger charge is 2.10.